The number of nitriles is 3. The maximum absolute atomic E-state index is 10.5. The maximum atomic E-state index is 10.5. The molecule has 0 amide bonds. The average molecular weight is 636 g/mol. The first-order valence-corrected chi connectivity index (χ1v) is 16.3. The highest BCUT2D eigenvalue weighted by Crippen LogP contribution is 2.39. The summed E-state index contributed by atoms with van der Waals surface area (Å²) < 4.78 is 4.40. The van der Waals surface area contributed by atoms with Crippen LogP contribution in [0.25, 0.3) is 77.2 Å². The van der Waals surface area contributed by atoms with Crippen LogP contribution < -0.4 is 0 Å². The van der Waals surface area contributed by atoms with E-state index in [-0.39, 0.29) is 0 Å². The van der Waals surface area contributed by atoms with Gasteiger partial charge in [-0.1, -0.05) is 84.9 Å². The lowest BCUT2D eigenvalue weighted by atomic mass is 9.94. The third-order valence-electron chi connectivity index (χ3n) is 9.62. The first-order valence-electron chi connectivity index (χ1n) is 16.3. The molecular weight excluding hydrogens is 611 g/mol. The molecule has 9 aromatic rings. The summed E-state index contributed by atoms with van der Waals surface area (Å²) in [5.74, 6) is 0. The largest absolute Gasteiger partial charge is 0.309 e. The molecule has 0 atom stereocenters. The Morgan fingerprint density at radius 3 is 1.58 bits per heavy atom. The van der Waals surface area contributed by atoms with Crippen LogP contribution >= 0.6 is 0 Å². The Morgan fingerprint density at radius 2 is 0.920 bits per heavy atom. The molecule has 0 aliphatic rings. The summed E-state index contributed by atoms with van der Waals surface area (Å²) in [7, 11) is 0. The van der Waals surface area contributed by atoms with E-state index in [0.717, 1.165) is 66.5 Å². The zero-order chi connectivity index (χ0) is 33.8. The summed E-state index contributed by atoms with van der Waals surface area (Å²) in [6, 6.07) is 57.7. The topological polar surface area (TPSA) is 81.2 Å². The smallest absolute Gasteiger partial charge is 0.0998 e. The zero-order valence-electron chi connectivity index (χ0n) is 26.7. The Bertz CT molecular complexity index is 2920. The van der Waals surface area contributed by atoms with E-state index in [9.17, 15) is 15.8 Å². The molecular formula is C45H25N5. The van der Waals surface area contributed by atoms with Gasteiger partial charge in [-0.05, 0) is 83.4 Å². The minimum Gasteiger partial charge on any atom is -0.309 e. The summed E-state index contributed by atoms with van der Waals surface area (Å²) in [5.41, 5.74) is 11.3. The van der Waals surface area contributed by atoms with Crippen molar-refractivity contribution in [3.8, 4) is 51.8 Å². The molecule has 0 saturated heterocycles. The van der Waals surface area contributed by atoms with Crippen molar-refractivity contribution < 1.29 is 0 Å². The monoisotopic (exact) mass is 635 g/mol. The molecule has 9 rings (SSSR count). The Balaban J connectivity index is 1.21. The predicted molar refractivity (Wildman–Crippen MR) is 200 cm³/mol. The van der Waals surface area contributed by atoms with Crippen molar-refractivity contribution in [2.45, 2.75) is 0 Å². The lowest BCUT2D eigenvalue weighted by molar-refractivity contribution is 1.18. The van der Waals surface area contributed by atoms with Crippen LogP contribution in [0.4, 0.5) is 0 Å². The summed E-state index contributed by atoms with van der Waals surface area (Å²) in [5, 5.41) is 34.4. The number of aromatic nitrogens is 2. The van der Waals surface area contributed by atoms with Gasteiger partial charge in [0, 0.05) is 32.8 Å². The van der Waals surface area contributed by atoms with Crippen LogP contribution in [0.2, 0.25) is 0 Å². The van der Waals surface area contributed by atoms with Crippen molar-refractivity contribution in [2.24, 2.45) is 0 Å². The van der Waals surface area contributed by atoms with E-state index in [1.165, 1.54) is 10.8 Å². The normalized spacial score (nSPS) is 11.1. The van der Waals surface area contributed by atoms with E-state index in [0.29, 0.717) is 16.7 Å². The van der Waals surface area contributed by atoms with E-state index in [1.807, 2.05) is 84.9 Å². The molecule has 0 bridgehead atoms. The van der Waals surface area contributed by atoms with Crippen LogP contribution in [-0.2, 0) is 0 Å². The number of rotatable bonds is 4. The van der Waals surface area contributed by atoms with Crippen LogP contribution in [0.15, 0.2) is 152 Å². The number of para-hydroxylation sites is 3. The van der Waals surface area contributed by atoms with E-state index < -0.39 is 0 Å². The minimum atomic E-state index is 0.548. The molecule has 0 N–H and O–H groups in total. The molecule has 0 aliphatic carbocycles. The Morgan fingerprint density at radius 1 is 0.380 bits per heavy atom. The molecule has 230 valence electrons. The second-order valence-corrected chi connectivity index (χ2v) is 12.3. The Kier molecular flexibility index (Phi) is 6.56. The molecule has 5 nitrogen and oxygen atoms in total. The van der Waals surface area contributed by atoms with Gasteiger partial charge in [-0.15, -0.1) is 0 Å². The highest BCUT2D eigenvalue weighted by atomic mass is 15.0. The Hall–Kier alpha value is -7.39. The molecule has 7 aromatic carbocycles. The van der Waals surface area contributed by atoms with Gasteiger partial charge in [0.25, 0.3) is 0 Å². The third-order valence-corrected chi connectivity index (χ3v) is 9.62. The molecule has 0 radical (unpaired) electrons. The van der Waals surface area contributed by atoms with Crippen LogP contribution in [0, 0.1) is 34.0 Å². The van der Waals surface area contributed by atoms with Crippen molar-refractivity contribution >= 4 is 43.6 Å². The number of fused-ring (bicyclic) bond motifs is 6. The summed E-state index contributed by atoms with van der Waals surface area (Å²) in [6.45, 7) is 0. The fourth-order valence-corrected chi connectivity index (χ4v) is 7.40. The summed E-state index contributed by atoms with van der Waals surface area (Å²) >= 11 is 0. The quantitative estimate of drug-likeness (QED) is 0.193. The predicted octanol–water partition coefficient (Wildman–Crippen LogP) is 10.8. The Labute approximate surface area is 287 Å². The fourth-order valence-electron chi connectivity index (χ4n) is 7.40. The van der Waals surface area contributed by atoms with Gasteiger partial charge in [-0.2, -0.15) is 15.8 Å². The molecule has 50 heavy (non-hydrogen) atoms. The number of nitrogens with zero attached hydrogens (tertiary/aromatic N) is 5. The zero-order valence-corrected chi connectivity index (χ0v) is 26.7. The van der Waals surface area contributed by atoms with E-state index in [4.69, 9.17) is 0 Å². The van der Waals surface area contributed by atoms with Crippen LogP contribution in [0.3, 0.4) is 0 Å². The third kappa shape index (κ3) is 4.38. The van der Waals surface area contributed by atoms with Gasteiger partial charge < -0.3 is 9.13 Å². The highest BCUT2D eigenvalue weighted by Gasteiger charge is 2.18. The van der Waals surface area contributed by atoms with Crippen molar-refractivity contribution in [3.05, 3.63) is 168 Å². The lowest BCUT2D eigenvalue weighted by Crippen LogP contribution is -1.99. The molecule has 5 heteroatoms. The van der Waals surface area contributed by atoms with E-state index in [2.05, 4.69) is 94.1 Å². The molecule has 0 aliphatic heterocycles. The van der Waals surface area contributed by atoms with Gasteiger partial charge in [0.1, 0.15) is 0 Å². The molecule has 2 aromatic heterocycles. The van der Waals surface area contributed by atoms with Gasteiger partial charge in [0.2, 0.25) is 0 Å². The van der Waals surface area contributed by atoms with Crippen LogP contribution in [-0.4, -0.2) is 9.13 Å². The lowest BCUT2D eigenvalue weighted by Gasteiger charge is -2.16. The van der Waals surface area contributed by atoms with E-state index >= 15 is 0 Å². The number of benzene rings is 7. The van der Waals surface area contributed by atoms with Gasteiger partial charge >= 0.3 is 0 Å². The summed E-state index contributed by atoms with van der Waals surface area (Å²) in [4.78, 5) is 0. The van der Waals surface area contributed by atoms with Crippen LogP contribution in [0.5, 0.6) is 0 Å². The van der Waals surface area contributed by atoms with E-state index in [1.54, 1.807) is 0 Å². The van der Waals surface area contributed by atoms with Gasteiger partial charge in [-0.25, -0.2) is 0 Å². The molecule has 0 fully saturated rings. The molecule has 0 unspecified atom stereocenters. The van der Waals surface area contributed by atoms with Gasteiger partial charge in [0.15, 0.2) is 0 Å². The standard InChI is InChI=1S/C45H25N5/c46-26-29-17-21-44-40(22-29)39-12-3-6-15-43(39)50(44)45-23-30(27-47)16-19-36(45)32-9-7-8-31(24-32)35-20-18-34(25-33(35)28-48)49-41-13-4-1-10-37(41)38-11-2-5-14-42(38)49/h1-25H. The molecule has 2 heterocycles. The second kappa shape index (κ2) is 11.4. The number of hydrogen-bond acceptors (Lipinski definition) is 3. The van der Waals surface area contributed by atoms with Crippen molar-refractivity contribution in [1.29, 1.82) is 15.8 Å². The SMILES string of the molecule is N#Cc1ccc(-c2cccc(-c3ccc(-n4c5ccccc5c5ccccc54)cc3C#N)c2)c(-n2c3ccccc3c3cc(C#N)ccc32)c1. The highest BCUT2D eigenvalue weighted by molar-refractivity contribution is 6.11. The molecule has 0 saturated carbocycles. The second-order valence-electron chi connectivity index (χ2n) is 12.3. The maximum Gasteiger partial charge on any atom is 0.0998 e. The van der Waals surface area contributed by atoms with Crippen molar-refractivity contribution in [3.63, 3.8) is 0 Å². The van der Waals surface area contributed by atoms with Gasteiger partial charge in [-0.3, -0.25) is 0 Å². The van der Waals surface area contributed by atoms with Gasteiger partial charge in [0.05, 0.1) is 62.7 Å². The van der Waals surface area contributed by atoms with Crippen LogP contribution in [0.1, 0.15) is 16.7 Å². The first-order chi connectivity index (χ1) is 24.7. The van der Waals surface area contributed by atoms with Crippen molar-refractivity contribution in [1.82, 2.24) is 9.13 Å². The molecule has 0 spiro atoms. The van der Waals surface area contributed by atoms with Crippen molar-refractivity contribution in [2.75, 3.05) is 0 Å². The number of hydrogen-bond donors (Lipinski definition) is 0. The minimum absolute atomic E-state index is 0.548. The average Bonchev–Trinajstić information content (AvgIpc) is 3.70. The fraction of sp³-hybridized carbons (Fsp3) is 0. The summed E-state index contributed by atoms with van der Waals surface area (Å²) in [6.07, 6.45) is 0. The first kappa shape index (κ1) is 28.8.